The minimum absolute atomic E-state index is 0.00981. The van der Waals surface area contributed by atoms with Gasteiger partial charge in [-0.05, 0) is 24.3 Å². The molecule has 2 heterocycles. The molecule has 0 bridgehead atoms. The first-order valence-electron chi connectivity index (χ1n) is 7.51. The van der Waals surface area contributed by atoms with E-state index in [4.69, 9.17) is 4.74 Å². The van der Waals surface area contributed by atoms with Crippen LogP contribution in [0.3, 0.4) is 0 Å². The van der Waals surface area contributed by atoms with Crippen LogP contribution in [0.15, 0.2) is 36.4 Å². The first kappa shape index (κ1) is 15.1. The molecule has 7 nitrogen and oxygen atoms in total. The van der Waals surface area contributed by atoms with Crippen molar-refractivity contribution in [3.8, 4) is 17.0 Å². The van der Waals surface area contributed by atoms with E-state index in [1.165, 1.54) is 0 Å². The van der Waals surface area contributed by atoms with Crippen LogP contribution in [0.5, 0.6) is 5.75 Å². The van der Waals surface area contributed by atoms with Crippen molar-refractivity contribution in [2.24, 2.45) is 0 Å². The first-order valence-corrected chi connectivity index (χ1v) is 7.51. The molecule has 2 amide bonds. The van der Waals surface area contributed by atoms with Crippen LogP contribution in [0.4, 0.5) is 10.6 Å². The van der Waals surface area contributed by atoms with Gasteiger partial charge in [-0.3, -0.25) is 0 Å². The highest BCUT2D eigenvalue weighted by Gasteiger charge is 2.18. The fourth-order valence-electron chi connectivity index (χ4n) is 2.47. The van der Waals surface area contributed by atoms with E-state index in [1.807, 2.05) is 36.4 Å². The van der Waals surface area contributed by atoms with Crippen LogP contribution in [0, 0.1) is 0 Å². The summed E-state index contributed by atoms with van der Waals surface area (Å²) < 4.78 is 5.34. The van der Waals surface area contributed by atoms with Gasteiger partial charge in [-0.15, -0.1) is 10.2 Å². The summed E-state index contributed by atoms with van der Waals surface area (Å²) in [5, 5.41) is 14.4. The lowest BCUT2D eigenvalue weighted by atomic mass is 10.1. The number of hydrogen-bond donors (Lipinski definition) is 2. The average molecular weight is 313 g/mol. The van der Waals surface area contributed by atoms with Gasteiger partial charge in [0.25, 0.3) is 0 Å². The number of urea groups is 1. The molecular weight excluding hydrogens is 294 g/mol. The predicted molar refractivity (Wildman–Crippen MR) is 87.5 cm³/mol. The average Bonchev–Trinajstić information content (AvgIpc) is 3.01. The van der Waals surface area contributed by atoms with E-state index in [-0.39, 0.29) is 6.03 Å². The third-order valence-electron chi connectivity index (χ3n) is 3.68. The molecule has 2 aromatic rings. The third-order valence-corrected chi connectivity index (χ3v) is 3.68. The molecular formula is C16H19N5O2. The van der Waals surface area contributed by atoms with Crippen molar-refractivity contribution in [1.82, 2.24) is 20.4 Å². The SMILES string of the molecule is COc1ccccc1-c1ccc(NCCN2CCNC2=O)nn1. The molecule has 1 aromatic heterocycles. The minimum Gasteiger partial charge on any atom is -0.496 e. The second kappa shape index (κ2) is 6.95. The molecule has 1 aromatic carbocycles. The highest BCUT2D eigenvalue weighted by molar-refractivity contribution is 5.76. The number of nitrogens with one attached hydrogen (secondary N) is 2. The number of amides is 2. The number of nitrogens with zero attached hydrogens (tertiary/aromatic N) is 3. The van der Waals surface area contributed by atoms with Gasteiger partial charge in [0.1, 0.15) is 11.6 Å². The molecule has 23 heavy (non-hydrogen) atoms. The summed E-state index contributed by atoms with van der Waals surface area (Å²) in [5.41, 5.74) is 1.66. The van der Waals surface area contributed by atoms with Gasteiger partial charge in [-0.25, -0.2) is 4.79 Å². The second-order valence-corrected chi connectivity index (χ2v) is 5.15. The van der Waals surface area contributed by atoms with E-state index in [9.17, 15) is 4.79 Å². The van der Waals surface area contributed by atoms with Gasteiger partial charge in [0.05, 0.1) is 12.8 Å². The number of carbonyl (C=O) groups excluding carboxylic acids is 1. The van der Waals surface area contributed by atoms with Gasteiger partial charge in [-0.2, -0.15) is 0 Å². The zero-order valence-electron chi connectivity index (χ0n) is 13.0. The summed E-state index contributed by atoms with van der Waals surface area (Å²) in [4.78, 5) is 13.2. The van der Waals surface area contributed by atoms with E-state index in [0.29, 0.717) is 25.5 Å². The molecule has 0 saturated carbocycles. The standard InChI is InChI=1S/C16H19N5O2/c1-23-14-5-3-2-4-12(14)13-6-7-15(20-19-13)17-8-10-21-11-9-18-16(21)22/h2-7H,8-11H2,1H3,(H,17,20)(H,18,22). The summed E-state index contributed by atoms with van der Waals surface area (Å²) in [6.45, 7) is 2.74. The highest BCUT2D eigenvalue weighted by atomic mass is 16.5. The van der Waals surface area contributed by atoms with E-state index in [0.717, 1.165) is 23.6 Å². The predicted octanol–water partition coefficient (Wildman–Crippen LogP) is 1.59. The lowest BCUT2D eigenvalue weighted by Crippen LogP contribution is -2.32. The Hall–Kier alpha value is -2.83. The lowest BCUT2D eigenvalue weighted by molar-refractivity contribution is 0.219. The summed E-state index contributed by atoms with van der Waals surface area (Å²) in [7, 11) is 1.64. The number of benzene rings is 1. The van der Waals surface area contributed by atoms with E-state index < -0.39 is 0 Å². The summed E-state index contributed by atoms with van der Waals surface area (Å²) in [6, 6.07) is 11.5. The van der Waals surface area contributed by atoms with Crippen molar-refractivity contribution in [3.05, 3.63) is 36.4 Å². The smallest absolute Gasteiger partial charge is 0.317 e. The maximum atomic E-state index is 11.4. The summed E-state index contributed by atoms with van der Waals surface area (Å²) >= 11 is 0. The van der Waals surface area contributed by atoms with Crippen molar-refractivity contribution in [3.63, 3.8) is 0 Å². The molecule has 0 aliphatic carbocycles. The molecule has 120 valence electrons. The van der Waals surface area contributed by atoms with Crippen molar-refractivity contribution in [2.75, 3.05) is 38.6 Å². The number of para-hydroxylation sites is 1. The number of ether oxygens (including phenoxy) is 1. The van der Waals surface area contributed by atoms with Gasteiger partial charge >= 0.3 is 6.03 Å². The highest BCUT2D eigenvalue weighted by Crippen LogP contribution is 2.27. The molecule has 1 aliphatic rings. The van der Waals surface area contributed by atoms with E-state index in [2.05, 4.69) is 20.8 Å². The maximum absolute atomic E-state index is 11.4. The Kier molecular flexibility index (Phi) is 4.56. The zero-order chi connectivity index (χ0) is 16.1. The Morgan fingerprint density at radius 1 is 1.26 bits per heavy atom. The number of rotatable bonds is 6. The van der Waals surface area contributed by atoms with Crippen LogP contribution in [0.2, 0.25) is 0 Å². The summed E-state index contributed by atoms with van der Waals surface area (Å²) in [6.07, 6.45) is 0. The van der Waals surface area contributed by atoms with Gasteiger partial charge < -0.3 is 20.3 Å². The molecule has 7 heteroatoms. The van der Waals surface area contributed by atoms with E-state index in [1.54, 1.807) is 12.0 Å². The molecule has 0 spiro atoms. The first-order chi connectivity index (χ1) is 11.3. The Bertz CT molecular complexity index is 674. The quantitative estimate of drug-likeness (QED) is 0.846. The van der Waals surface area contributed by atoms with Gasteiger partial charge in [0.15, 0.2) is 0 Å². The van der Waals surface area contributed by atoms with Crippen molar-refractivity contribution >= 4 is 11.8 Å². The fourth-order valence-corrected chi connectivity index (χ4v) is 2.47. The van der Waals surface area contributed by atoms with Crippen LogP contribution >= 0.6 is 0 Å². The molecule has 2 N–H and O–H groups in total. The largest absolute Gasteiger partial charge is 0.496 e. The maximum Gasteiger partial charge on any atom is 0.317 e. The topological polar surface area (TPSA) is 79.4 Å². The number of methoxy groups -OCH3 is 1. The number of anilines is 1. The van der Waals surface area contributed by atoms with Crippen LogP contribution in [0.25, 0.3) is 11.3 Å². The van der Waals surface area contributed by atoms with Gasteiger partial charge in [-0.1, -0.05) is 12.1 Å². The van der Waals surface area contributed by atoms with Gasteiger partial charge in [0, 0.05) is 31.7 Å². The lowest BCUT2D eigenvalue weighted by Gasteiger charge is -2.14. The fraction of sp³-hybridized carbons (Fsp3) is 0.312. The van der Waals surface area contributed by atoms with E-state index >= 15 is 0 Å². The number of carbonyl (C=O) groups is 1. The van der Waals surface area contributed by atoms with Crippen LogP contribution in [-0.2, 0) is 0 Å². The third kappa shape index (κ3) is 3.50. The second-order valence-electron chi connectivity index (χ2n) is 5.15. The number of hydrogen-bond acceptors (Lipinski definition) is 5. The molecule has 3 rings (SSSR count). The Balaban J connectivity index is 1.60. The Labute approximate surface area is 134 Å². The molecule has 1 fully saturated rings. The number of aromatic nitrogens is 2. The van der Waals surface area contributed by atoms with Crippen molar-refractivity contribution in [1.29, 1.82) is 0 Å². The molecule has 0 unspecified atom stereocenters. The molecule has 1 aliphatic heterocycles. The molecule has 1 saturated heterocycles. The van der Waals surface area contributed by atoms with Crippen LogP contribution in [0.1, 0.15) is 0 Å². The zero-order valence-corrected chi connectivity index (χ0v) is 13.0. The summed E-state index contributed by atoms with van der Waals surface area (Å²) in [5.74, 6) is 1.45. The van der Waals surface area contributed by atoms with Crippen molar-refractivity contribution < 1.29 is 9.53 Å². The Morgan fingerprint density at radius 2 is 2.13 bits per heavy atom. The minimum atomic E-state index is -0.00981. The monoisotopic (exact) mass is 313 g/mol. The normalized spacial score (nSPS) is 13.8. The van der Waals surface area contributed by atoms with Crippen LogP contribution in [-0.4, -0.2) is 54.4 Å². The van der Waals surface area contributed by atoms with Gasteiger partial charge in [0.2, 0.25) is 0 Å². The molecule has 0 atom stereocenters. The van der Waals surface area contributed by atoms with Crippen molar-refractivity contribution in [2.45, 2.75) is 0 Å². The molecule has 0 radical (unpaired) electrons. The Morgan fingerprint density at radius 3 is 2.83 bits per heavy atom. The van der Waals surface area contributed by atoms with Crippen LogP contribution < -0.4 is 15.4 Å².